The number of rotatable bonds is 7. The molecule has 0 fully saturated rings. The predicted octanol–water partition coefficient (Wildman–Crippen LogP) is 4.23. The van der Waals surface area contributed by atoms with Crippen LogP contribution in [0.3, 0.4) is 0 Å². The van der Waals surface area contributed by atoms with E-state index >= 15 is 0 Å². The molecule has 3 rings (SSSR count). The largest absolute Gasteiger partial charge is 0.330 e. The maximum absolute atomic E-state index is 5.75. The van der Waals surface area contributed by atoms with Crippen LogP contribution < -0.4 is 11.1 Å². The SMILES string of the molecule is Cc1ccc(C(NCCCN)(c2ccccc2)c2ccccc2)cc1. The summed E-state index contributed by atoms with van der Waals surface area (Å²) in [4.78, 5) is 0. The fraction of sp³-hybridized carbons (Fsp3) is 0.217. The Morgan fingerprint density at radius 2 is 1.20 bits per heavy atom. The molecule has 0 atom stereocenters. The molecule has 2 nitrogen and oxygen atoms in total. The van der Waals surface area contributed by atoms with Gasteiger partial charge in [-0.25, -0.2) is 0 Å². The first-order valence-electron chi connectivity index (χ1n) is 8.90. The predicted molar refractivity (Wildman–Crippen MR) is 106 cm³/mol. The van der Waals surface area contributed by atoms with Gasteiger partial charge < -0.3 is 5.73 Å². The molecule has 3 aromatic carbocycles. The number of benzene rings is 3. The van der Waals surface area contributed by atoms with Crippen LogP contribution in [-0.4, -0.2) is 13.1 Å². The van der Waals surface area contributed by atoms with Gasteiger partial charge >= 0.3 is 0 Å². The number of hydrogen-bond donors (Lipinski definition) is 2. The summed E-state index contributed by atoms with van der Waals surface area (Å²) in [6.45, 7) is 3.66. The Bertz CT molecular complexity index is 725. The smallest absolute Gasteiger partial charge is 0.0947 e. The first kappa shape index (κ1) is 17.4. The zero-order valence-electron chi connectivity index (χ0n) is 14.8. The monoisotopic (exact) mass is 330 g/mol. The minimum Gasteiger partial charge on any atom is -0.330 e. The van der Waals surface area contributed by atoms with Crippen LogP contribution in [0.4, 0.5) is 0 Å². The number of hydrogen-bond acceptors (Lipinski definition) is 2. The van der Waals surface area contributed by atoms with Crippen molar-refractivity contribution in [3.63, 3.8) is 0 Å². The molecule has 25 heavy (non-hydrogen) atoms. The molecule has 0 aliphatic carbocycles. The Labute approximate surface area is 150 Å². The van der Waals surface area contributed by atoms with Crippen LogP contribution in [0.2, 0.25) is 0 Å². The molecule has 0 aliphatic heterocycles. The van der Waals surface area contributed by atoms with Crippen molar-refractivity contribution >= 4 is 0 Å². The summed E-state index contributed by atoms with van der Waals surface area (Å²) < 4.78 is 0. The summed E-state index contributed by atoms with van der Waals surface area (Å²) in [5.41, 5.74) is 10.4. The second kappa shape index (κ2) is 8.11. The molecule has 3 aromatic rings. The Balaban J connectivity index is 2.21. The molecule has 0 aliphatic rings. The molecular weight excluding hydrogens is 304 g/mol. The van der Waals surface area contributed by atoms with Gasteiger partial charge in [-0.05, 0) is 43.1 Å². The maximum atomic E-state index is 5.75. The van der Waals surface area contributed by atoms with E-state index in [1.54, 1.807) is 0 Å². The summed E-state index contributed by atoms with van der Waals surface area (Å²) >= 11 is 0. The van der Waals surface area contributed by atoms with E-state index in [1.807, 2.05) is 0 Å². The fourth-order valence-corrected chi connectivity index (χ4v) is 3.36. The molecule has 0 saturated carbocycles. The van der Waals surface area contributed by atoms with Gasteiger partial charge in [0, 0.05) is 0 Å². The van der Waals surface area contributed by atoms with E-state index in [0.717, 1.165) is 13.0 Å². The van der Waals surface area contributed by atoms with Crippen LogP contribution in [0, 0.1) is 6.92 Å². The molecule has 128 valence electrons. The minimum atomic E-state index is -0.384. The van der Waals surface area contributed by atoms with Gasteiger partial charge in [0.2, 0.25) is 0 Å². The summed E-state index contributed by atoms with van der Waals surface area (Å²) in [5.74, 6) is 0. The van der Waals surface area contributed by atoms with Crippen LogP contribution in [0.5, 0.6) is 0 Å². The topological polar surface area (TPSA) is 38.0 Å². The van der Waals surface area contributed by atoms with E-state index in [4.69, 9.17) is 5.73 Å². The summed E-state index contributed by atoms with van der Waals surface area (Å²) in [6, 6.07) is 30.1. The molecule has 0 saturated heterocycles. The van der Waals surface area contributed by atoms with Crippen LogP contribution >= 0.6 is 0 Å². The summed E-state index contributed by atoms with van der Waals surface area (Å²) in [7, 11) is 0. The van der Waals surface area contributed by atoms with Crippen molar-refractivity contribution in [1.29, 1.82) is 0 Å². The first-order chi connectivity index (χ1) is 12.3. The number of aryl methyl sites for hydroxylation is 1. The lowest BCUT2D eigenvalue weighted by atomic mass is 9.76. The maximum Gasteiger partial charge on any atom is 0.0947 e. The lowest BCUT2D eigenvalue weighted by molar-refractivity contribution is 0.468. The van der Waals surface area contributed by atoms with Crippen molar-refractivity contribution in [3.8, 4) is 0 Å². The lowest BCUT2D eigenvalue weighted by Crippen LogP contribution is -2.45. The van der Waals surface area contributed by atoms with Gasteiger partial charge in [-0.2, -0.15) is 0 Å². The highest BCUT2D eigenvalue weighted by molar-refractivity contribution is 5.49. The van der Waals surface area contributed by atoms with Crippen molar-refractivity contribution < 1.29 is 0 Å². The van der Waals surface area contributed by atoms with Gasteiger partial charge in [0.15, 0.2) is 0 Å². The fourth-order valence-electron chi connectivity index (χ4n) is 3.36. The second-order valence-electron chi connectivity index (χ2n) is 6.42. The van der Waals surface area contributed by atoms with E-state index in [0.29, 0.717) is 6.54 Å². The van der Waals surface area contributed by atoms with Crippen LogP contribution in [0.15, 0.2) is 84.9 Å². The third-order valence-electron chi connectivity index (χ3n) is 4.67. The lowest BCUT2D eigenvalue weighted by Gasteiger charge is -2.37. The summed E-state index contributed by atoms with van der Waals surface area (Å²) in [5, 5.41) is 3.82. The third-order valence-corrected chi connectivity index (χ3v) is 4.67. The number of nitrogens with two attached hydrogens (primary N) is 1. The van der Waals surface area contributed by atoms with Crippen molar-refractivity contribution in [3.05, 3.63) is 107 Å². The molecule has 0 radical (unpaired) electrons. The van der Waals surface area contributed by atoms with Gasteiger partial charge in [-0.1, -0.05) is 90.5 Å². The van der Waals surface area contributed by atoms with Crippen molar-refractivity contribution in [2.24, 2.45) is 5.73 Å². The first-order valence-corrected chi connectivity index (χ1v) is 8.90. The molecule has 0 unspecified atom stereocenters. The normalized spacial score (nSPS) is 11.4. The summed E-state index contributed by atoms with van der Waals surface area (Å²) in [6.07, 6.45) is 0.938. The van der Waals surface area contributed by atoms with Crippen molar-refractivity contribution in [1.82, 2.24) is 5.32 Å². The minimum absolute atomic E-state index is 0.384. The van der Waals surface area contributed by atoms with E-state index in [-0.39, 0.29) is 5.54 Å². The average Bonchev–Trinajstić information content (AvgIpc) is 2.68. The van der Waals surface area contributed by atoms with Crippen molar-refractivity contribution in [2.75, 3.05) is 13.1 Å². The average molecular weight is 330 g/mol. The highest BCUT2D eigenvalue weighted by atomic mass is 15.0. The van der Waals surface area contributed by atoms with Crippen molar-refractivity contribution in [2.45, 2.75) is 18.9 Å². The molecule has 2 heteroatoms. The van der Waals surface area contributed by atoms with Gasteiger partial charge in [0.05, 0.1) is 5.54 Å². The number of nitrogens with one attached hydrogen (secondary N) is 1. The van der Waals surface area contributed by atoms with Crippen LogP contribution in [-0.2, 0) is 5.54 Å². The third kappa shape index (κ3) is 3.65. The molecule has 3 N–H and O–H groups in total. The molecular formula is C23H26N2. The van der Waals surface area contributed by atoms with Crippen LogP contribution in [0.1, 0.15) is 28.7 Å². The second-order valence-corrected chi connectivity index (χ2v) is 6.42. The Kier molecular flexibility index (Phi) is 5.64. The van der Waals surface area contributed by atoms with Crippen LogP contribution in [0.25, 0.3) is 0 Å². The Hall–Kier alpha value is -2.42. The molecule has 0 aromatic heterocycles. The van der Waals surface area contributed by atoms with Gasteiger partial charge in [0.25, 0.3) is 0 Å². The van der Waals surface area contributed by atoms with E-state index < -0.39 is 0 Å². The molecule has 0 heterocycles. The molecule has 0 spiro atoms. The zero-order chi connectivity index (χ0) is 17.5. The zero-order valence-corrected chi connectivity index (χ0v) is 14.8. The quantitative estimate of drug-likeness (QED) is 0.503. The van der Waals surface area contributed by atoms with Gasteiger partial charge in [-0.15, -0.1) is 0 Å². The highest BCUT2D eigenvalue weighted by Gasteiger charge is 2.35. The Morgan fingerprint density at radius 1 is 0.720 bits per heavy atom. The van der Waals surface area contributed by atoms with E-state index in [1.165, 1.54) is 22.3 Å². The molecule has 0 amide bonds. The molecule has 0 bridgehead atoms. The van der Waals surface area contributed by atoms with Gasteiger partial charge in [-0.3, -0.25) is 5.32 Å². The Morgan fingerprint density at radius 3 is 1.68 bits per heavy atom. The highest BCUT2D eigenvalue weighted by Crippen LogP contribution is 2.36. The van der Waals surface area contributed by atoms with Gasteiger partial charge in [0.1, 0.15) is 0 Å². The van der Waals surface area contributed by atoms with E-state index in [9.17, 15) is 0 Å². The van der Waals surface area contributed by atoms with E-state index in [2.05, 4.69) is 97.2 Å². The standard InChI is InChI=1S/C23H26N2/c1-19-13-15-22(16-14-19)23(25-18-8-17-24,20-9-4-2-5-10-20)21-11-6-3-7-12-21/h2-7,9-16,25H,8,17-18,24H2,1H3.